The van der Waals surface area contributed by atoms with Crippen LogP contribution < -0.4 is 0 Å². The predicted octanol–water partition coefficient (Wildman–Crippen LogP) is 9.39. The van der Waals surface area contributed by atoms with Crippen LogP contribution in [0.15, 0.2) is 90.6 Å². The van der Waals surface area contributed by atoms with Crippen LogP contribution in [0.3, 0.4) is 0 Å². The third-order valence-corrected chi connectivity index (χ3v) is 6.76. The highest BCUT2D eigenvalue weighted by Crippen LogP contribution is 2.33. The van der Waals surface area contributed by atoms with Crippen molar-refractivity contribution in [1.29, 1.82) is 0 Å². The Morgan fingerprint density at radius 3 is 2.30 bits per heavy atom. The average Bonchev–Trinajstić information content (AvgIpc) is 2.85. The van der Waals surface area contributed by atoms with Gasteiger partial charge in [0, 0.05) is 18.8 Å². The maximum atomic E-state index is 4.49. The van der Waals surface area contributed by atoms with Gasteiger partial charge in [0.15, 0.2) is 0 Å². The van der Waals surface area contributed by atoms with Crippen molar-refractivity contribution in [2.75, 3.05) is 13.1 Å². The standard InChI is InChI=1S/C32H45N/c1-7-10-15-26(4)27(5)25-29(14-8-2)22-24-33(23-9-3)28(6)30-18-20-32(21-19-30)31-16-12-11-13-17-31/h7-8,10,14-15,18-21,25,31H,2,6,9,11-13,16-17,22-24H2,1,3-5H3/b10-7-,26-15+,27-25+,29-14-. The van der Waals surface area contributed by atoms with Gasteiger partial charge in [-0.25, -0.2) is 0 Å². The van der Waals surface area contributed by atoms with Crippen molar-refractivity contribution in [3.8, 4) is 0 Å². The van der Waals surface area contributed by atoms with Crippen molar-refractivity contribution < 1.29 is 0 Å². The maximum absolute atomic E-state index is 4.49. The molecule has 1 fully saturated rings. The minimum atomic E-state index is 0.750. The van der Waals surface area contributed by atoms with Gasteiger partial charge >= 0.3 is 0 Å². The molecule has 0 spiro atoms. The Morgan fingerprint density at radius 1 is 1.00 bits per heavy atom. The van der Waals surface area contributed by atoms with E-state index in [2.05, 4.69) is 93.5 Å². The van der Waals surface area contributed by atoms with Crippen LogP contribution in [0, 0.1) is 0 Å². The van der Waals surface area contributed by atoms with Crippen LogP contribution in [-0.4, -0.2) is 18.0 Å². The molecule has 1 aliphatic carbocycles. The van der Waals surface area contributed by atoms with Crippen molar-refractivity contribution in [2.45, 2.75) is 78.6 Å². The van der Waals surface area contributed by atoms with Gasteiger partial charge in [0.25, 0.3) is 0 Å². The molecule has 0 aromatic heterocycles. The highest BCUT2D eigenvalue weighted by atomic mass is 15.1. The molecule has 0 N–H and O–H groups in total. The Morgan fingerprint density at radius 2 is 1.70 bits per heavy atom. The molecular weight excluding hydrogens is 398 g/mol. The topological polar surface area (TPSA) is 3.24 Å². The lowest BCUT2D eigenvalue weighted by atomic mass is 9.84. The fraction of sp³-hybridized carbons (Fsp3) is 0.438. The minimum absolute atomic E-state index is 0.750. The van der Waals surface area contributed by atoms with Gasteiger partial charge in [0.05, 0.1) is 0 Å². The highest BCUT2D eigenvalue weighted by molar-refractivity contribution is 5.62. The lowest BCUT2D eigenvalue weighted by Crippen LogP contribution is -2.24. The second-order valence-corrected chi connectivity index (χ2v) is 9.32. The molecule has 0 radical (unpaired) electrons. The SMILES string of the molecule is C=C\C=C(/C=C(C)/C(C)=C/C=C\C)CCN(CCC)C(=C)c1ccc(C2CCCCC2)cc1. The molecule has 1 aliphatic rings. The molecule has 178 valence electrons. The number of hydrogen-bond acceptors (Lipinski definition) is 1. The molecule has 2 rings (SSSR count). The van der Waals surface area contributed by atoms with Crippen molar-refractivity contribution in [1.82, 2.24) is 4.90 Å². The van der Waals surface area contributed by atoms with Crippen molar-refractivity contribution in [3.05, 3.63) is 102 Å². The van der Waals surface area contributed by atoms with Gasteiger partial charge in [-0.15, -0.1) is 0 Å². The van der Waals surface area contributed by atoms with E-state index in [1.54, 1.807) is 0 Å². The first-order valence-corrected chi connectivity index (χ1v) is 12.8. The van der Waals surface area contributed by atoms with E-state index in [1.165, 1.54) is 60.0 Å². The van der Waals surface area contributed by atoms with Crippen LogP contribution in [-0.2, 0) is 0 Å². The van der Waals surface area contributed by atoms with E-state index in [0.717, 1.165) is 37.5 Å². The summed E-state index contributed by atoms with van der Waals surface area (Å²) >= 11 is 0. The summed E-state index contributed by atoms with van der Waals surface area (Å²) in [7, 11) is 0. The van der Waals surface area contributed by atoms with Gasteiger partial charge in [0.2, 0.25) is 0 Å². The van der Waals surface area contributed by atoms with Crippen LogP contribution in [0.2, 0.25) is 0 Å². The fourth-order valence-corrected chi connectivity index (χ4v) is 4.60. The van der Waals surface area contributed by atoms with Crippen LogP contribution in [0.25, 0.3) is 5.70 Å². The Bertz CT molecular complexity index is 870. The largest absolute Gasteiger partial charge is 0.371 e. The van der Waals surface area contributed by atoms with Gasteiger partial charge in [-0.2, -0.15) is 0 Å². The molecule has 1 aromatic rings. The second-order valence-electron chi connectivity index (χ2n) is 9.32. The normalized spacial score (nSPS) is 16.3. The van der Waals surface area contributed by atoms with Gasteiger partial charge in [-0.05, 0) is 80.2 Å². The quantitative estimate of drug-likeness (QED) is 0.291. The summed E-state index contributed by atoms with van der Waals surface area (Å²) in [5.41, 5.74) is 7.77. The number of hydrogen-bond donors (Lipinski definition) is 0. The van der Waals surface area contributed by atoms with E-state index in [0.29, 0.717) is 0 Å². The summed E-state index contributed by atoms with van der Waals surface area (Å²) in [6, 6.07) is 9.26. The summed E-state index contributed by atoms with van der Waals surface area (Å²) in [6.45, 7) is 19.0. The molecule has 0 amide bonds. The zero-order valence-electron chi connectivity index (χ0n) is 21.6. The number of benzene rings is 1. The molecule has 0 saturated heterocycles. The molecule has 0 unspecified atom stereocenters. The zero-order chi connectivity index (χ0) is 24.1. The Kier molecular flexibility index (Phi) is 11.8. The van der Waals surface area contributed by atoms with E-state index in [-0.39, 0.29) is 0 Å². The lowest BCUT2D eigenvalue weighted by Gasteiger charge is -2.28. The number of allylic oxidation sites excluding steroid dienone is 8. The molecule has 1 aromatic carbocycles. The van der Waals surface area contributed by atoms with Gasteiger partial charge in [-0.1, -0.05) is 100 Å². The Hall–Kier alpha value is -2.54. The zero-order valence-corrected chi connectivity index (χ0v) is 21.6. The van der Waals surface area contributed by atoms with E-state index in [9.17, 15) is 0 Å². The van der Waals surface area contributed by atoms with Crippen LogP contribution >= 0.6 is 0 Å². The molecule has 0 heterocycles. The van der Waals surface area contributed by atoms with E-state index < -0.39 is 0 Å². The van der Waals surface area contributed by atoms with E-state index >= 15 is 0 Å². The summed E-state index contributed by atoms with van der Waals surface area (Å²) in [4.78, 5) is 2.44. The monoisotopic (exact) mass is 443 g/mol. The molecule has 1 heteroatoms. The third-order valence-electron chi connectivity index (χ3n) is 6.76. The third kappa shape index (κ3) is 8.72. The smallest absolute Gasteiger partial charge is 0.0366 e. The van der Waals surface area contributed by atoms with Gasteiger partial charge < -0.3 is 4.90 Å². The van der Waals surface area contributed by atoms with E-state index in [4.69, 9.17) is 0 Å². The molecule has 0 bridgehead atoms. The molecular formula is C32H45N. The Balaban J connectivity index is 2.09. The molecule has 1 nitrogen and oxygen atoms in total. The van der Waals surface area contributed by atoms with Crippen molar-refractivity contribution in [2.24, 2.45) is 0 Å². The van der Waals surface area contributed by atoms with Crippen LogP contribution in [0.4, 0.5) is 0 Å². The summed E-state index contributed by atoms with van der Waals surface area (Å²) in [6.07, 6.45) is 21.6. The number of rotatable bonds is 12. The van der Waals surface area contributed by atoms with Crippen molar-refractivity contribution in [3.63, 3.8) is 0 Å². The summed E-state index contributed by atoms with van der Waals surface area (Å²) in [5, 5.41) is 0. The Labute approximate surface area is 204 Å². The first-order chi connectivity index (χ1) is 16.0. The van der Waals surface area contributed by atoms with Crippen LogP contribution in [0.1, 0.15) is 89.7 Å². The summed E-state index contributed by atoms with van der Waals surface area (Å²) < 4.78 is 0. The predicted molar refractivity (Wildman–Crippen MR) is 148 cm³/mol. The van der Waals surface area contributed by atoms with E-state index in [1.807, 2.05) is 13.0 Å². The fourth-order valence-electron chi connectivity index (χ4n) is 4.60. The first kappa shape index (κ1) is 26.7. The van der Waals surface area contributed by atoms with Crippen molar-refractivity contribution >= 4 is 5.70 Å². The average molecular weight is 444 g/mol. The number of nitrogens with zero attached hydrogens (tertiary/aromatic N) is 1. The minimum Gasteiger partial charge on any atom is -0.371 e. The molecule has 1 saturated carbocycles. The summed E-state index contributed by atoms with van der Waals surface area (Å²) in [5.74, 6) is 0.750. The van der Waals surface area contributed by atoms with Gasteiger partial charge in [-0.3, -0.25) is 0 Å². The maximum Gasteiger partial charge on any atom is 0.0366 e. The molecule has 0 atom stereocenters. The van der Waals surface area contributed by atoms with Gasteiger partial charge in [0.1, 0.15) is 0 Å². The molecule has 0 aliphatic heterocycles. The van der Waals surface area contributed by atoms with Crippen LogP contribution in [0.5, 0.6) is 0 Å². The second kappa shape index (κ2) is 14.6. The lowest BCUT2D eigenvalue weighted by molar-refractivity contribution is 0.402. The molecule has 33 heavy (non-hydrogen) atoms. The first-order valence-electron chi connectivity index (χ1n) is 12.8. The highest BCUT2D eigenvalue weighted by Gasteiger charge is 2.16.